The number of hydrogen-bond acceptors (Lipinski definition) is 4. The number of para-hydroxylation sites is 1. The number of amides is 1. The van der Waals surface area contributed by atoms with Crippen LogP contribution in [0.1, 0.15) is 11.1 Å². The zero-order valence-electron chi connectivity index (χ0n) is 13.6. The van der Waals surface area contributed by atoms with Crippen LogP contribution in [-0.2, 0) is 17.8 Å². The molecule has 0 saturated carbocycles. The molecule has 2 aromatic carbocycles. The van der Waals surface area contributed by atoms with Gasteiger partial charge in [-0.05, 0) is 23.8 Å². The van der Waals surface area contributed by atoms with Crippen LogP contribution in [0.2, 0.25) is 0 Å². The normalized spacial score (nSPS) is 10.0. The first-order valence-corrected chi connectivity index (χ1v) is 7.27. The van der Waals surface area contributed by atoms with Crippen molar-refractivity contribution in [2.45, 2.75) is 13.0 Å². The summed E-state index contributed by atoms with van der Waals surface area (Å²) >= 11 is 0. The van der Waals surface area contributed by atoms with Crippen LogP contribution < -0.4 is 19.5 Å². The van der Waals surface area contributed by atoms with Gasteiger partial charge in [-0.2, -0.15) is 0 Å². The minimum absolute atomic E-state index is 0.0555. The summed E-state index contributed by atoms with van der Waals surface area (Å²) in [5.74, 6) is 2.00. The molecule has 0 radical (unpaired) electrons. The first-order chi connectivity index (χ1) is 11.2. The van der Waals surface area contributed by atoms with E-state index < -0.39 is 0 Å². The van der Waals surface area contributed by atoms with Crippen molar-refractivity contribution in [1.82, 2.24) is 5.32 Å². The number of ether oxygens (including phenoxy) is 3. The SMILES string of the molecule is COc1ccc(CC(=O)NCc2cccc(OC)c2OC)cc1. The lowest BCUT2D eigenvalue weighted by Gasteiger charge is -2.13. The maximum atomic E-state index is 12.1. The van der Waals surface area contributed by atoms with Crippen LogP contribution in [-0.4, -0.2) is 27.2 Å². The van der Waals surface area contributed by atoms with Crippen molar-refractivity contribution < 1.29 is 19.0 Å². The second kappa shape index (κ2) is 8.08. The van der Waals surface area contributed by atoms with Gasteiger partial charge in [0.05, 0.1) is 27.8 Å². The molecule has 0 fully saturated rings. The Labute approximate surface area is 136 Å². The number of hydrogen-bond donors (Lipinski definition) is 1. The summed E-state index contributed by atoms with van der Waals surface area (Å²) in [6.45, 7) is 0.384. The highest BCUT2D eigenvalue weighted by Crippen LogP contribution is 2.30. The van der Waals surface area contributed by atoms with Crippen molar-refractivity contribution in [2.75, 3.05) is 21.3 Å². The average Bonchev–Trinajstić information content (AvgIpc) is 2.60. The zero-order chi connectivity index (χ0) is 16.7. The Morgan fingerprint density at radius 3 is 2.30 bits per heavy atom. The molecule has 122 valence electrons. The summed E-state index contributed by atoms with van der Waals surface area (Å²) in [7, 11) is 4.79. The molecule has 0 atom stereocenters. The van der Waals surface area contributed by atoms with Crippen LogP contribution in [0.25, 0.3) is 0 Å². The van der Waals surface area contributed by atoms with E-state index in [1.807, 2.05) is 42.5 Å². The fourth-order valence-corrected chi connectivity index (χ4v) is 2.28. The second-order valence-corrected chi connectivity index (χ2v) is 4.95. The molecular formula is C18H21NO4. The van der Waals surface area contributed by atoms with Gasteiger partial charge in [-0.1, -0.05) is 24.3 Å². The van der Waals surface area contributed by atoms with E-state index in [0.717, 1.165) is 16.9 Å². The molecule has 0 aliphatic carbocycles. The third-order valence-corrected chi connectivity index (χ3v) is 3.48. The fourth-order valence-electron chi connectivity index (χ4n) is 2.28. The van der Waals surface area contributed by atoms with Crippen molar-refractivity contribution >= 4 is 5.91 Å². The molecular weight excluding hydrogens is 294 g/mol. The molecule has 0 saturated heterocycles. The predicted octanol–water partition coefficient (Wildman–Crippen LogP) is 2.57. The summed E-state index contributed by atoms with van der Waals surface area (Å²) in [6.07, 6.45) is 0.316. The molecule has 0 bridgehead atoms. The highest BCUT2D eigenvalue weighted by atomic mass is 16.5. The van der Waals surface area contributed by atoms with Gasteiger partial charge in [-0.3, -0.25) is 4.79 Å². The number of methoxy groups -OCH3 is 3. The van der Waals surface area contributed by atoms with Gasteiger partial charge in [0, 0.05) is 12.1 Å². The Hall–Kier alpha value is -2.69. The summed E-state index contributed by atoms with van der Waals surface area (Å²) in [5, 5.41) is 2.90. The Bertz CT molecular complexity index is 653. The molecule has 0 heterocycles. The summed E-state index contributed by atoms with van der Waals surface area (Å²) in [4.78, 5) is 12.1. The monoisotopic (exact) mass is 315 g/mol. The van der Waals surface area contributed by atoms with Crippen molar-refractivity contribution in [3.8, 4) is 17.2 Å². The molecule has 0 aliphatic heterocycles. The average molecular weight is 315 g/mol. The van der Waals surface area contributed by atoms with Crippen molar-refractivity contribution in [3.63, 3.8) is 0 Å². The van der Waals surface area contributed by atoms with E-state index >= 15 is 0 Å². The van der Waals surface area contributed by atoms with E-state index in [-0.39, 0.29) is 5.91 Å². The van der Waals surface area contributed by atoms with Gasteiger partial charge < -0.3 is 19.5 Å². The van der Waals surface area contributed by atoms with E-state index in [1.54, 1.807) is 21.3 Å². The van der Waals surface area contributed by atoms with E-state index in [1.165, 1.54) is 0 Å². The Kier molecular flexibility index (Phi) is 5.86. The van der Waals surface area contributed by atoms with Gasteiger partial charge >= 0.3 is 0 Å². The number of carbonyl (C=O) groups excluding carboxylic acids is 1. The van der Waals surface area contributed by atoms with Crippen LogP contribution in [0.15, 0.2) is 42.5 Å². The second-order valence-electron chi connectivity index (χ2n) is 4.95. The molecule has 0 aromatic heterocycles. The molecule has 2 aromatic rings. The first-order valence-electron chi connectivity index (χ1n) is 7.27. The lowest BCUT2D eigenvalue weighted by Crippen LogP contribution is -2.24. The Morgan fingerprint density at radius 1 is 0.957 bits per heavy atom. The summed E-state index contributed by atoms with van der Waals surface area (Å²) < 4.78 is 15.7. The number of benzene rings is 2. The van der Waals surface area contributed by atoms with Crippen LogP contribution in [0, 0.1) is 0 Å². The minimum atomic E-state index is -0.0555. The van der Waals surface area contributed by atoms with Crippen molar-refractivity contribution in [2.24, 2.45) is 0 Å². The lowest BCUT2D eigenvalue weighted by atomic mass is 10.1. The third-order valence-electron chi connectivity index (χ3n) is 3.48. The zero-order valence-corrected chi connectivity index (χ0v) is 13.6. The molecule has 5 nitrogen and oxygen atoms in total. The largest absolute Gasteiger partial charge is 0.497 e. The molecule has 1 N–H and O–H groups in total. The number of carbonyl (C=O) groups is 1. The highest BCUT2D eigenvalue weighted by molar-refractivity contribution is 5.78. The van der Waals surface area contributed by atoms with Crippen LogP contribution in [0.4, 0.5) is 0 Å². The van der Waals surface area contributed by atoms with E-state index in [0.29, 0.717) is 24.5 Å². The molecule has 2 rings (SSSR count). The standard InChI is InChI=1S/C18H21NO4/c1-21-15-9-7-13(8-10-15)11-17(20)19-12-14-5-4-6-16(22-2)18(14)23-3/h4-10H,11-12H2,1-3H3,(H,19,20). The predicted molar refractivity (Wildman–Crippen MR) is 88.1 cm³/mol. The Morgan fingerprint density at radius 2 is 1.70 bits per heavy atom. The molecule has 5 heteroatoms. The van der Waals surface area contributed by atoms with Crippen LogP contribution >= 0.6 is 0 Å². The van der Waals surface area contributed by atoms with E-state index in [9.17, 15) is 4.79 Å². The molecule has 1 amide bonds. The van der Waals surface area contributed by atoms with Gasteiger partial charge in [0.25, 0.3) is 0 Å². The Balaban J connectivity index is 1.96. The van der Waals surface area contributed by atoms with Crippen molar-refractivity contribution in [1.29, 1.82) is 0 Å². The molecule has 23 heavy (non-hydrogen) atoms. The smallest absolute Gasteiger partial charge is 0.224 e. The maximum Gasteiger partial charge on any atom is 0.224 e. The number of nitrogens with one attached hydrogen (secondary N) is 1. The quantitative estimate of drug-likeness (QED) is 0.853. The molecule has 0 unspecified atom stereocenters. The minimum Gasteiger partial charge on any atom is -0.497 e. The van der Waals surface area contributed by atoms with Gasteiger partial charge in [0.2, 0.25) is 5.91 Å². The third kappa shape index (κ3) is 4.39. The molecule has 0 aliphatic rings. The van der Waals surface area contributed by atoms with Gasteiger partial charge in [-0.15, -0.1) is 0 Å². The van der Waals surface area contributed by atoms with Gasteiger partial charge in [-0.25, -0.2) is 0 Å². The van der Waals surface area contributed by atoms with Crippen LogP contribution in [0.5, 0.6) is 17.2 Å². The maximum absolute atomic E-state index is 12.1. The van der Waals surface area contributed by atoms with Crippen molar-refractivity contribution in [3.05, 3.63) is 53.6 Å². The summed E-state index contributed by atoms with van der Waals surface area (Å²) in [6, 6.07) is 13.0. The first kappa shape index (κ1) is 16.7. The van der Waals surface area contributed by atoms with Gasteiger partial charge in [0.1, 0.15) is 5.75 Å². The highest BCUT2D eigenvalue weighted by Gasteiger charge is 2.10. The molecule has 0 spiro atoms. The number of rotatable bonds is 7. The van der Waals surface area contributed by atoms with Crippen LogP contribution in [0.3, 0.4) is 0 Å². The van der Waals surface area contributed by atoms with Gasteiger partial charge in [0.15, 0.2) is 11.5 Å². The lowest BCUT2D eigenvalue weighted by molar-refractivity contribution is -0.120. The summed E-state index contributed by atoms with van der Waals surface area (Å²) in [5.41, 5.74) is 1.80. The topological polar surface area (TPSA) is 56.8 Å². The fraction of sp³-hybridized carbons (Fsp3) is 0.278. The van der Waals surface area contributed by atoms with E-state index in [4.69, 9.17) is 14.2 Å². The van der Waals surface area contributed by atoms with E-state index in [2.05, 4.69) is 5.32 Å².